The van der Waals surface area contributed by atoms with Crippen LogP contribution in [-0.4, -0.2) is 56.6 Å². The molecule has 0 spiro atoms. The molecule has 172 valence electrons. The first-order chi connectivity index (χ1) is 16.0. The van der Waals surface area contributed by atoms with E-state index in [9.17, 15) is 9.59 Å². The number of nitrogens with one attached hydrogen (secondary N) is 1. The van der Waals surface area contributed by atoms with E-state index in [0.717, 1.165) is 36.6 Å². The Morgan fingerprint density at radius 2 is 1.91 bits per heavy atom. The predicted molar refractivity (Wildman–Crippen MR) is 128 cm³/mol. The zero-order valence-electron chi connectivity index (χ0n) is 18.4. The average molecular weight is 513 g/mol. The normalized spacial score (nSPS) is 17.0. The molecule has 1 saturated heterocycles. The number of aromatic nitrogens is 4. The molecule has 1 aliphatic carbocycles. The van der Waals surface area contributed by atoms with Gasteiger partial charge in [0.05, 0.1) is 23.2 Å². The number of aryl methyl sites for hydroxylation is 1. The Labute approximate surface area is 199 Å². The summed E-state index contributed by atoms with van der Waals surface area (Å²) in [5.74, 6) is 0.826. The summed E-state index contributed by atoms with van der Waals surface area (Å²) in [5, 5.41) is 3.95. The zero-order chi connectivity index (χ0) is 22.9. The molecule has 33 heavy (non-hydrogen) atoms. The second kappa shape index (κ2) is 9.18. The van der Waals surface area contributed by atoms with Crippen LogP contribution in [0.25, 0.3) is 11.0 Å². The van der Waals surface area contributed by atoms with Gasteiger partial charge in [-0.3, -0.25) is 14.2 Å². The van der Waals surface area contributed by atoms with E-state index in [0.29, 0.717) is 53.8 Å². The van der Waals surface area contributed by atoms with E-state index >= 15 is 0 Å². The lowest BCUT2D eigenvalue weighted by Gasteiger charge is -2.26. The van der Waals surface area contributed by atoms with Crippen molar-refractivity contribution in [2.75, 3.05) is 31.6 Å². The molecule has 3 aromatic heterocycles. The Bertz CT molecular complexity index is 1250. The molecule has 10 heteroatoms. The molecule has 2 fully saturated rings. The average Bonchev–Trinajstić information content (AvgIpc) is 3.38. The van der Waals surface area contributed by atoms with Crippen molar-refractivity contribution >= 4 is 44.6 Å². The van der Waals surface area contributed by atoms with Gasteiger partial charge in [-0.15, -0.1) is 0 Å². The summed E-state index contributed by atoms with van der Waals surface area (Å²) < 4.78 is 7.68. The van der Waals surface area contributed by atoms with Crippen molar-refractivity contribution in [2.45, 2.75) is 38.6 Å². The molecule has 0 unspecified atom stereocenters. The summed E-state index contributed by atoms with van der Waals surface area (Å²) in [6.45, 7) is 4.18. The van der Waals surface area contributed by atoms with Crippen LogP contribution in [0.5, 0.6) is 0 Å². The molecule has 2 aliphatic rings. The molecule has 4 heterocycles. The van der Waals surface area contributed by atoms with Crippen LogP contribution in [0.3, 0.4) is 0 Å². The van der Waals surface area contributed by atoms with Gasteiger partial charge in [-0.25, -0.2) is 9.97 Å². The monoisotopic (exact) mass is 512 g/mol. The van der Waals surface area contributed by atoms with Crippen LogP contribution in [0.1, 0.15) is 47.6 Å². The van der Waals surface area contributed by atoms with Crippen molar-refractivity contribution in [3.05, 3.63) is 50.5 Å². The van der Waals surface area contributed by atoms with E-state index in [2.05, 4.69) is 31.2 Å². The van der Waals surface area contributed by atoms with Crippen molar-refractivity contribution in [2.24, 2.45) is 0 Å². The third-order valence-electron chi connectivity index (χ3n) is 6.38. The predicted octanol–water partition coefficient (Wildman–Crippen LogP) is 3.59. The van der Waals surface area contributed by atoms with Crippen LogP contribution in [0.2, 0.25) is 0 Å². The SMILES string of the molecule is Cc1c(Br)c(=O)n(C2CCCC2)c2nc(Nc3ccc(C(=O)N4CCOCC4)cn3)ncc12. The lowest BCUT2D eigenvalue weighted by molar-refractivity contribution is 0.0302. The number of anilines is 2. The fourth-order valence-corrected chi connectivity index (χ4v) is 4.93. The molecule has 0 aromatic carbocycles. The maximum absolute atomic E-state index is 13.1. The van der Waals surface area contributed by atoms with E-state index in [1.54, 1.807) is 29.4 Å². The van der Waals surface area contributed by atoms with Gasteiger partial charge in [-0.1, -0.05) is 12.8 Å². The topological polar surface area (TPSA) is 102 Å². The summed E-state index contributed by atoms with van der Waals surface area (Å²) in [6.07, 6.45) is 7.46. The molecule has 1 amide bonds. The van der Waals surface area contributed by atoms with Crippen molar-refractivity contribution in [1.82, 2.24) is 24.4 Å². The van der Waals surface area contributed by atoms with Crippen molar-refractivity contribution in [3.8, 4) is 0 Å². The maximum atomic E-state index is 13.1. The molecule has 0 atom stereocenters. The second-order valence-electron chi connectivity index (χ2n) is 8.44. The van der Waals surface area contributed by atoms with Gasteiger partial charge in [0.1, 0.15) is 11.5 Å². The molecule has 0 radical (unpaired) electrons. The Balaban J connectivity index is 1.43. The largest absolute Gasteiger partial charge is 0.378 e. The highest BCUT2D eigenvalue weighted by Gasteiger charge is 2.24. The van der Waals surface area contributed by atoms with Crippen LogP contribution in [0, 0.1) is 6.92 Å². The Morgan fingerprint density at radius 1 is 1.15 bits per heavy atom. The number of hydrogen-bond acceptors (Lipinski definition) is 7. The van der Waals surface area contributed by atoms with Crippen LogP contribution >= 0.6 is 15.9 Å². The summed E-state index contributed by atoms with van der Waals surface area (Å²) >= 11 is 3.47. The lowest BCUT2D eigenvalue weighted by atomic mass is 10.1. The quantitative estimate of drug-likeness (QED) is 0.569. The van der Waals surface area contributed by atoms with E-state index in [-0.39, 0.29) is 17.5 Å². The molecule has 9 nitrogen and oxygen atoms in total. The minimum Gasteiger partial charge on any atom is -0.378 e. The highest BCUT2D eigenvalue weighted by atomic mass is 79.9. The van der Waals surface area contributed by atoms with Crippen LogP contribution in [0.15, 0.2) is 33.8 Å². The highest BCUT2D eigenvalue weighted by molar-refractivity contribution is 9.10. The molecule has 5 rings (SSSR count). The summed E-state index contributed by atoms with van der Waals surface area (Å²) in [5.41, 5.74) is 1.93. The van der Waals surface area contributed by atoms with Crippen LogP contribution in [-0.2, 0) is 4.74 Å². The summed E-state index contributed by atoms with van der Waals surface area (Å²) in [7, 11) is 0. The maximum Gasteiger partial charge on any atom is 0.267 e. The number of hydrogen-bond donors (Lipinski definition) is 1. The van der Waals surface area contributed by atoms with Gasteiger partial charge in [0, 0.05) is 36.9 Å². The Morgan fingerprint density at radius 3 is 2.61 bits per heavy atom. The van der Waals surface area contributed by atoms with Gasteiger partial charge in [0.15, 0.2) is 0 Å². The number of rotatable bonds is 4. The first-order valence-electron chi connectivity index (χ1n) is 11.2. The minimum atomic E-state index is -0.0550. The molecule has 1 aliphatic heterocycles. The number of ether oxygens (including phenoxy) is 1. The molecule has 3 aromatic rings. The number of halogens is 1. The zero-order valence-corrected chi connectivity index (χ0v) is 20.0. The number of fused-ring (bicyclic) bond motifs is 1. The Kier molecular flexibility index (Phi) is 6.11. The second-order valence-corrected chi connectivity index (χ2v) is 9.24. The number of nitrogens with zero attached hydrogens (tertiary/aromatic N) is 5. The van der Waals surface area contributed by atoms with Gasteiger partial charge in [-0.05, 0) is 53.4 Å². The van der Waals surface area contributed by atoms with Gasteiger partial charge in [0.25, 0.3) is 11.5 Å². The first-order valence-corrected chi connectivity index (χ1v) is 12.0. The summed E-state index contributed by atoms with van der Waals surface area (Å²) in [6, 6.07) is 3.62. The standard InChI is InChI=1S/C23H25BrN6O3/c1-14-17-13-26-23(28-20(17)30(22(32)19(14)24)16-4-2-3-5-16)27-18-7-6-15(12-25-18)21(31)29-8-10-33-11-9-29/h6-7,12-13,16H,2-5,8-11H2,1H3,(H,25,26,27,28). The van der Waals surface area contributed by atoms with Gasteiger partial charge < -0.3 is 15.0 Å². The number of carbonyl (C=O) groups is 1. The highest BCUT2D eigenvalue weighted by Crippen LogP contribution is 2.32. The third kappa shape index (κ3) is 4.24. The van der Waals surface area contributed by atoms with E-state index in [1.165, 1.54) is 0 Å². The van der Waals surface area contributed by atoms with Crippen LogP contribution < -0.4 is 10.9 Å². The molecule has 0 bridgehead atoms. The first kappa shape index (κ1) is 22.0. The lowest BCUT2D eigenvalue weighted by Crippen LogP contribution is -2.40. The number of amides is 1. The third-order valence-corrected chi connectivity index (χ3v) is 7.31. The fourth-order valence-electron chi connectivity index (χ4n) is 4.52. The minimum absolute atomic E-state index is 0.0547. The van der Waals surface area contributed by atoms with E-state index in [4.69, 9.17) is 9.72 Å². The number of pyridine rings is 2. The fraction of sp³-hybridized carbons (Fsp3) is 0.435. The Hall–Kier alpha value is -2.85. The smallest absolute Gasteiger partial charge is 0.267 e. The van der Waals surface area contributed by atoms with Gasteiger partial charge >= 0.3 is 0 Å². The van der Waals surface area contributed by atoms with E-state index in [1.807, 2.05) is 11.5 Å². The van der Waals surface area contributed by atoms with Crippen molar-refractivity contribution in [1.29, 1.82) is 0 Å². The van der Waals surface area contributed by atoms with Crippen molar-refractivity contribution < 1.29 is 9.53 Å². The van der Waals surface area contributed by atoms with Crippen molar-refractivity contribution in [3.63, 3.8) is 0 Å². The van der Waals surface area contributed by atoms with Gasteiger partial charge in [-0.2, -0.15) is 4.98 Å². The molecular weight excluding hydrogens is 488 g/mol. The molecule has 1 saturated carbocycles. The number of carbonyl (C=O) groups excluding carboxylic acids is 1. The summed E-state index contributed by atoms with van der Waals surface area (Å²) in [4.78, 5) is 41.0. The molecular formula is C23H25BrN6O3. The van der Waals surface area contributed by atoms with Gasteiger partial charge in [0.2, 0.25) is 5.95 Å². The van der Waals surface area contributed by atoms with Crippen LogP contribution in [0.4, 0.5) is 11.8 Å². The molecule has 1 N–H and O–H groups in total. The van der Waals surface area contributed by atoms with E-state index < -0.39 is 0 Å². The number of morpholine rings is 1.